The van der Waals surface area contributed by atoms with Crippen LogP contribution in [0.5, 0.6) is 0 Å². The molecule has 1 saturated heterocycles. The molecule has 0 radical (unpaired) electrons. The molecular formula is C20H25N5O3S. The van der Waals surface area contributed by atoms with Crippen molar-refractivity contribution in [3.05, 3.63) is 47.0 Å². The summed E-state index contributed by atoms with van der Waals surface area (Å²) in [5, 5.41) is 7.41. The number of rotatable bonds is 6. The van der Waals surface area contributed by atoms with Gasteiger partial charge in [-0.05, 0) is 38.8 Å². The van der Waals surface area contributed by atoms with Crippen LogP contribution in [0.1, 0.15) is 46.5 Å². The third kappa shape index (κ3) is 4.05. The van der Waals surface area contributed by atoms with E-state index in [2.05, 4.69) is 20.4 Å². The first-order valence-electron chi connectivity index (χ1n) is 9.82. The molecule has 29 heavy (non-hydrogen) atoms. The van der Waals surface area contributed by atoms with Crippen LogP contribution in [0, 0.1) is 13.8 Å². The number of nitrogens with zero attached hydrogens (tertiary/aromatic N) is 3. The number of carbonyl (C=O) groups excluding carboxylic acids is 1. The number of para-hydroxylation sites is 2. The van der Waals surface area contributed by atoms with Crippen molar-refractivity contribution in [2.24, 2.45) is 0 Å². The third-order valence-corrected chi connectivity index (χ3v) is 7.17. The Kier molecular flexibility index (Phi) is 5.16. The Hall–Kier alpha value is -2.68. The first kappa shape index (κ1) is 19.6. The van der Waals surface area contributed by atoms with Gasteiger partial charge < -0.3 is 10.3 Å². The highest BCUT2D eigenvalue weighted by atomic mass is 32.2. The number of aromatic amines is 1. The normalized spacial score (nSPS) is 18.3. The molecule has 3 heterocycles. The van der Waals surface area contributed by atoms with Gasteiger partial charge in [-0.1, -0.05) is 12.1 Å². The van der Waals surface area contributed by atoms with E-state index in [9.17, 15) is 13.2 Å². The third-order valence-electron chi connectivity index (χ3n) is 5.42. The lowest BCUT2D eigenvalue weighted by atomic mass is 10.1. The molecule has 0 aliphatic carbocycles. The Bertz CT molecular complexity index is 1130. The molecule has 1 amide bonds. The molecule has 0 spiro atoms. The van der Waals surface area contributed by atoms with Gasteiger partial charge in [-0.2, -0.15) is 5.10 Å². The van der Waals surface area contributed by atoms with Gasteiger partial charge in [0.05, 0.1) is 39.8 Å². The minimum Gasteiger partial charge on any atom is -0.352 e. The van der Waals surface area contributed by atoms with Crippen LogP contribution in [0.25, 0.3) is 11.0 Å². The Morgan fingerprint density at radius 3 is 2.83 bits per heavy atom. The molecule has 0 bridgehead atoms. The van der Waals surface area contributed by atoms with Crippen LogP contribution in [-0.4, -0.2) is 52.1 Å². The van der Waals surface area contributed by atoms with Gasteiger partial charge in [-0.25, -0.2) is 13.4 Å². The summed E-state index contributed by atoms with van der Waals surface area (Å²) < 4.78 is 25.3. The second-order valence-corrected chi connectivity index (χ2v) is 9.84. The molecule has 2 N–H and O–H groups in total. The van der Waals surface area contributed by atoms with Crippen LogP contribution < -0.4 is 5.32 Å². The molecule has 0 unspecified atom stereocenters. The predicted molar refractivity (Wildman–Crippen MR) is 111 cm³/mol. The molecule has 1 aliphatic rings. The number of fused-ring (bicyclic) bond motifs is 1. The van der Waals surface area contributed by atoms with Crippen molar-refractivity contribution in [1.82, 2.24) is 25.1 Å². The Morgan fingerprint density at radius 1 is 1.31 bits per heavy atom. The molecule has 8 nitrogen and oxygen atoms in total. The maximum Gasteiger partial charge on any atom is 0.255 e. The summed E-state index contributed by atoms with van der Waals surface area (Å²) in [4.78, 5) is 20.5. The summed E-state index contributed by atoms with van der Waals surface area (Å²) in [6.07, 6.45) is 2.05. The number of H-pyrrole nitrogens is 1. The van der Waals surface area contributed by atoms with Crippen molar-refractivity contribution >= 4 is 26.8 Å². The number of imidazole rings is 1. The van der Waals surface area contributed by atoms with E-state index >= 15 is 0 Å². The summed E-state index contributed by atoms with van der Waals surface area (Å²) in [6.45, 7) is 4.14. The van der Waals surface area contributed by atoms with E-state index in [4.69, 9.17) is 0 Å². The highest BCUT2D eigenvalue weighted by Crippen LogP contribution is 2.26. The summed E-state index contributed by atoms with van der Waals surface area (Å²) >= 11 is 0. The van der Waals surface area contributed by atoms with Crippen LogP contribution in [0.3, 0.4) is 0 Å². The monoisotopic (exact) mass is 415 g/mol. The van der Waals surface area contributed by atoms with Crippen molar-refractivity contribution in [2.45, 2.75) is 39.2 Å². The Balaban J connectivity index is 1.36. The fourth-order valence-electron chi connectivity index (χ4n) is 3.99. The van der Waals surface area contributed by atoms with E-state index in [1.54, 1.807) is 11.6 Å². The topological polar surface area (TPSA) is 110 Å². The van der Waals surface area contributed by atoms with Crippen molar-refractivity contribution in [1.29, 1.82) is 0 Å². The second-order valence-electron chi connectivity index (χ2n) is 7.61. The number of amides is 1. The summed E-state index contributed by atoms with van der Waals surface area (Å²) in [5.41, 5.74) is 3.84. The van der Waals surface area contributed by atoms with Crippen molar-refractivity contribution in [3.8, 4) is 0 Å². The summed E-state index contributed by atoms with van der Waals surface area (Å²) in [5.74, 6) is 1.01. The number of hydrogen-bond donors (Lipinski definition) is 2. The number of hydrogen-bond acceptors (Lipinski definition) is 5. The van der Waals surface area contributed by atoms with Crippen molar-refractivity contribution < 1.29 is 13.2 Å². The van der Waals surface area contributed by atoms with Crippen LogP contribution >= 0.6 is 0 Å². The molecule has 9 heteroatoms. The number of carbonyl (C=O) groups is 1. The minimum atomic E-state index is -3.01. The largest absolute Gasteiger partial charge is 0.352 e. The second kappa shape index (κ2) is 7.62. The van der Waals surface area contributed by atoms with Crippen LogP contribution in [0.4, 0.5) is 0 Å². The average molecular weight is 416 g/mol. The number of sulfone groups is 1. The lowest BCUT2D eigenvalue weighted by Crippen LogP contribution is -2.26. The van der Waals surface area contributed by atoms with Crippen molar-refractivity contribution in [3.63, 3.8) is 0 Å². The van der Waals surface area contributed by atoms with E-state index in [-0.39, 0.29) is 23.5 Å². The molecule has 1 aromatic carbocycles. The minimum absolute atomic E-state index is 0.0908. The van der Waals surface area contributed by atoms with Crippen LogP contribution in [0.15, 0.2) is 24.3 Å². The van der Waals surface area contributed by atoms with Gasteiger partial charge in [-0.3, -0.25) is 9.48 Å². The number of benzene rings is 1. The smallest absolute Gasteiger partial charge is 0.255 e. The number of nitrogens with one attached hydrogen (secondary N) is 2. The maximum atomic E-state index is 12.7. The fourth-order valence-corrected chi connectivity index (χ4v) is 5.68. The molecule has 4 rings (SSSR count). The van der Waals surface area contributed by atoms with Gasteiger partial charge in [0.25, 0.3) is 5.91 Å². The molecule has 1 aliphatic heterocycles. The molecule has 1 fully saturated rings. The first-order valence-corrected chi connectivity index (χ1v) is 11.6. The molecule has 1 atom stereocenters. The van der Waals surface area contributed by atoms with Gasteiger partial charge in [0.2, 0.25) is 0 Å². The van der Waals surface area contributed by atoms with E-state index in [0.29, 0.717) is 24.2 Å². The van der Waals surface area contributed by atoms with Gasteiger partial charge in [0.15, 0.2) is 9.84 Å². The van der Waals surface area contributed by atoms with Gasteiger partial charge in [0, 0.05) is 18.7 Å². The summed E-state index contributed by atoms with van der Waals surface area (Å²) in [7, 11) is -3.01. The Labute approximate surface area is 169 Å². The van der Waals surface area contributed by atoms with Gasteiger partial charge in [0.1, 0.15) is 5.82 Å². The number of aromatic nitrogens is 4. The zero-order valence-electron chi connectivity index (χ0n) is 16.6. The van der Waals surface area contributed by atoms with E-state index in [1.807, 2.05) is 31.2 Å². The lowest BCUT2D eigenvalue weighted by Gasteiger charge is -2.11. The van der Waals surface area contributed by atoms with E-state index in [0.717, 1.165) is 35.4 Å². The van der Waals surface area contributed by atoms with Crippen LogP contribution in [0.2, 0.25) is 0 Å². The van der Waals surface area contributed by atoms with Gasteiger partial charge >= 0.3 is 0 Å². The quantitative estimate of drug-likeness (QED) is 0.599. The zero-order valence-corrected chi connectivity index (χ0v) is 17.4. The highest BCUT2D eigenvalue weighted by molar-refractivity contribution is 7.91. The number of aryl methyl sites for hydroxylation is 2. The molecule has 3 aromatic rings. The zero-order chi connectivity index (χ0) is 20.6. The molecule has 0 saturated carbocycles. The first-order chi connectivity index (χ1) is 13.8. The maximum absolute atomic E-state index is 12.7. The molecule has 154 valence electrons. The fraction of sp³-hybridized carbons (Fsp3) is 0.450. The molecule has 2 aromatic heterocycles. The molecular weight excluding hydrogens is 390 g/mol. The van der Waals surface area contributed by atoms with Crippen LogP contribution in [-0.2, 0) is 16.3 Å². The summed E-state index contributed by atoms with van der Waals surface area (Å²) in [6, 6.07) is 7.70. The standard InChI is InChI=1S/C20H25N5O3S/c1-13-19(14(2)25(24-13)15-9-11-29(27,28)12-15)20(26)21-10-5-8-18-22-16-6-3-4-7-17(16)23-18/h3-4,6-7,15H,5,8-12H2,1-2H3,(H,21,26)(H,22,23)/t15-/m0/s1. The highest BCUT2D eigenvalue weighted by Gasteiger charge is 2.32. The van der Waals surface area contributed by atoms with Gasteiger partial charge in [-0.15, -0.1) is 0 Å². The predicted octanol–water partition coefficient (Wildman–Crippen LogP) is 2.10. The Morgan fingerprint density at radius 2 is 2.10 bits per heavy atom. The lowest BCUT2D eigenvalue weighted by molar-refractivity contribution is 0.0951. The average Bonchev–Trinajstić information content (AvgIpc) is 3.33. The van der Waals surface area contributed by atoms with E-state index in [1.165, 1.54) is 0 Å². The van der Waals surface area contributed by atoms with E-state index < -0.39 is 9.84 Å². The van der Waals surface area contributed by atoms with Crippen molar-refractivity contribution in [2.75, 3.05) is 18.1 Å². The SMILES string of the molecule is Cc1nn([C@H]2CCS(=O)(=O)C2)c(C)c1C(=O)NCCCc1nc2ccccc2[nH]1.